The maximum atomic E-state index is 12.8. The molecule has 0 bridgehead atoms. The van der Waals surface area contributed by atoms with Crippen molar-refractivity contribution in [2.24, 2.45) is 33.2 Å². The lowest BCUT2D eigenvalue weighted by Crippen LogP contribution is -2.39. The molecule has 29 nitrogen and oxygen atoms in total. The molecule has 10 aromatic heterocycles. The van der Waals surface area contributed by atoms with E-state index in [2.05, 4.69) is 91.1 Å². The van der Waals surface area contributed by atoms with E-state index in [-0.39, 0.29) is 51.7 Å². The normalized spacial score (nSPS) is 11.6. The van der Waals surface area contributed by atoms with Crippen molar-refractivity contribution in [2.75, 3.05) is 5.33 Å². The number of fused-ring (bicyclic) bond motifs is 4. The van der Waals surface area contributed by atoms with Crippen LogP contribution in [0.3, 0.4) is 0 Å². The Morgan fingerprint density at radius 1 is 0.500 bits per heavy atom. The molecule has 1 aliphatic heterocycles. The van der Waals surface area contributed by atoms with Crippen LogP contribution < -0.4 is 45.0 Å². The molecule has 0 atom stereocenters. The highest BCUT2D eigenvalue weighted by Gasteiger charge is 2.20. The standard InChI is InChI=1S/2C17H23N5O3.C9H12N4O2.C8H12BrNO.C7H7N3O2.C3H7Br/c2*1-11(2)22-10-18-15-14(22)16(23)21(17(24)20(15)4)8-6-5-7-13-9-12(3)19-25-13;1-5(2)13-4-10-7-6(13)8(14)11-9(15)12(7)3;1-7-6-8(11-10-7)4-2-3-5-9;1-10-5-4(2-3-8-5)6(11)9-7(10)12;1-3(2)4/h2*9-11H,5-8H2,1-4H3;4-5H,1-3H3,(H,11,14,15);6H,2-5H2,1H3;3H,2H2,1H3,(H,9,11,12);3H,1-2H3. The second-order valence-corrected chi connectivity index (χ2v) is 25.8. The number of H-pyrrole nitrogens is 2. The Kier molecular flexibility index (Phi) is 26.1. The third-order valence-electron chi connectivity index (χ3n) is 14.5. The number of aliphatic imine (C=N–C) groups is 1. The molecule has 0 fully saturated rings. The van der Waals surface area contributed by atoms with Gasteiger partial charge in [0.05, 0.1) is 41.6 Å². The first-order chi connectivity index (χ1) is 43.6. The average Bonchev–Trinajstić information content (AvgIpc) is 1.27. The number of imidazole rings is 3. The highest BCUT2D eigenvalue weighted by Crippen LogP contribution is 2.18. The van der Waals surface area contributed by atoms with Gasteiger partial charge in [0, 0.05) is 120 Å². The fraction of sp³-hybridized carbons (Fsp3) is 0.525. The van der Waals surface area contributed by atoms with Gasteiger partial charge in [-0.2, -0.15) is 0 Å². The largest absolute Gasteiger partial charge is 0.361 e. The van der Waals surface area contributed by atoms with Gasteiger partial charge >= 0.3 is 22.8 Å². The molecule has 0 unspecified atom stereocenters. The maximum Gasteiger partial charge on any atom is 0.332 e. The summed E-state index contributed by atoms with van der Waals surface area (Å²) in [6, 6.07) is 6.12. The van der Waals surface area contributed by atoms with Gasteiger partial charge in [-0.15, -0.1) is 0 Å². The zero-order chi connectivity index (χ0) is 67.8. The molecule has 0 aromatic carbocycles. The number of hydrogen-bond donors (Lipinski definition) is 2. The number of nitrogens with one attached hydrogen (secondary N) is 2. The lowest BCUT2D eigenvalue weighted by Gasteiger charge is -2.11. The van der Waals surface area contributed by atoms with Crippen LogP contribution in [0.2, 0.25) is 0 Å². The Morgan fingerprint density at radius 3 is 1.23 bits per heavy atom. The minimum atomic E-state index is -0.443. The van der Waals surface area contributed by atoms with Crippen molar-refractivity contribution in [3.8, 4) is 0 Å². The molecule has 0 radical (unpaired) electrons. The van der Waals surface area contributed by atoms with Crippen molar-refractivity contribution in [2.45, 2.75) is 176 Å². The fourth-order valence-electron chi connectivity index (χ4n) is 9.66. The zero-order valence-corrected chi connectivity index (χ0v) is 58.1. The molecule has 1 aliphatic rings. The molecular weight excluding hydrogens is 1320 g/mol. The monoisotopic (exact) mass is 1400 g/mol. The van der Waals surface area contributed by atoms with Gasteiger partial charge in [0.15, 0.2) is 33.5 Å². The van der Waals surface area contributed by atoms with E-state index in [0.717, 1.165) is 71.8 Å². The number of alkyl halides is 2. The third kappa shape index (κ3) is 18.1. The SMILES string of the molecule is CC(C)Br.CC(C)n1cnc2c1c(=O)[nH]c(=O)n2C.Cc1cc(CCCCBr)on1.Cc1cc(CCCCn2c(=O)c3c(ncn3C(C)C)n(C)c2=O)on1.Cc1cc(CCCCn2c(=O)c3c(ncn3C(C)C)n(C)c2=O)on1.Cn1c2c(c(=O)[nH]c1=O)CC=N2. The van der Waals surface area contributed by atoms with Crippen LogP contribution in [0.4, 0.5) is 5.82 Å². The molecule has 0 saturated heterocycles. The van der Waals surface area contributed by atoms with Crippen LogP contribution in [0.25, 0.3) is 33.5 Å². The summed E-state index contributed by atoms with van der Waals surface area (Å²) in [4.78, 5) is 117. The Hall–Kier alpha value is -8.61. The summed E-state index contributed by atoms with van der Waals surface area (Å²) < 4.78 is 28.9. The maximum absolute atomic E-state index is 12.8. The molecule has 10 aromatic rings. The highest BCUT2D eigenvalue weighted by atomic mass is 79.9. The second-order valence-electron chi connectivity index (χ2n) is 23.2. The molecular formula is C61H84Br2N18O11. The van der Waals surface area contributed by atoms with Crippen LogP contribution >= 0.6 is 31.9 Å². The summed E-state index contributed by atoms with van der Waals surface area (Å²) in [6.45, 7) is 22.4. The van der Waals surface area contributed by atoms with E-state index < -0.39 is 11.4 Å². The predicted octanol–water partition coefficient (Wildman–Crippen LogP) is 7.42. The molecule has 0 amide bonds. The summed E-state index contributed by atoms with van der Waals surface area (Å²) >= 11 is 6.65. The Balaban J connectivity index is 0.000000187. The first-order valence-corrected chi connectivity index (χ1v) is 32.4. The number of aromatic nitrogens is 17. The molecule has 2 N–H and O–H groups in total. The van der Waals surface area contributed by atoms with Gasteiger partial charge in [-0.05, 0) is 101 Å². The highest BCUT2D eigenvalue weighted by molar-refractivity contribution is 9.09. The third-order valence-corrected chi connectivity index (χ3v) is 15.0. The quantitative estimate of drug-likeness (QED) is 0.0661. The van der Waals surface area contributed by atoms with Gasteiger partial charge in [0.25, 0.3) is 22.2 Å². The number of halogens is 2. The number of rotatable bonds is 17. The van der Waals surface area contributed by atoms with Crippen molar-refractivity contribution in [3.05, 3.63) is 160 Å². The van der Waals surface area contributed by atoms with E-state index >= 15 is 0 Å². The molecule has 0 saturated carbocycles. The van der Waals surface area contributed by atoms with Crippen molar-refractivity contribution in [1.29, 1.82) is 0 Å². The minimum absolute atomic E-state index is 0.0957. The summed E-state index contributed by atoms with van der Waals surface area (Å²) in [7, 11) is 6.46. The first kappa shape index (κ1) is 72.5. The van der Waals surface area contributed by atoms with E-state index in [1.807, 2.05) is 89.6 Å². The van der Waals surface area contributed by atoms with Gasteiger partial charge in [-0.1, -0.05) is 61.2 Å². The van der Waals surface area contributed by atoms with E-state index in [0.29, 0.717) is 82.1 Å². The van der Waals surface area contributed by atoms with Gasteiger partial charge < -0.3 is 27.3 Å². The Bertz CT molecular complexity index is 4470. The number of hydrogen-bond acceptors (Lipinski definition) is 18. The molecule has 0 aliphatic carbocycles. The molecule has 498 valence electrons. The minimum Gasteiger partial charge on any atom is -0.361 e. The van der Waals surface area contributed by atoms with E-state index in [9.17, 15) is 38.4 Å². The van der Waals surface area contributed by atoms with Crippen molar-refractivity contribution >= 4 is 77.4 Å². The molecule has 0 spiro atoms. The number of aryl methyl sites for hydroxylation is 9. The number of unbranched alkanes of at least 4 members (excludes halogenated alkanes) is 3. The lowest BCUT2D eigenvalue weighted by atomic mass is 10.2. The van der Waals surface area contributed by atoms with Crippen LogP contribution in [0.5, 0.6) is 0 Å². The molecule has 92 heavy (non-hydrogen) atoms. The van der Waals surface area contributed by atoms with Crippen LogP contribution in [-0.4, -0.2) is 97.9 Å². The van der Waals surface area contributed by atoms with Crippen LogP contribution in [-0.2, 0) is 67.0 Å². The van der Waals surface area contributed by atoms with Crippen molar-refractivity contribution in [1.82, 2.24) is 81.5 Å². The first-order valence-electron chi connectivity index (χ1n) is 30.4. The summed E-state index contributed by atoms with van der Waals surface area (Å²) in [6.07, 6.45) is 14.8. The van der Waals surface area contributed by atoms with Gasteiger partial charge in [0.2, 0.25) is 0 Å². The van der Waals surface area contributed by atoms with E-state index in [1.54, 1.807) is 58.0 Å². The molecule has 11 heterocycles. The smallest absolute Gasteiger partial charge is 0.332 e. The fourth-order valence-corrected chi connectivity index (χ4v) is 10.1. The van der Waals surface area contributed by atoms with Gasteiger partial charge in [-0.3, -0.25) is 56.5 Å². The number of nitrogens with zero attached hydrogens (tertiary/aromatic N) is 16. The predicted molar refractivity (Wildman–Crippen MR) is 360 cm³/mol. The zero-order valence-electron chi connectivity index (χ0n) is 54.9. The van der Waals surface area contributed by atoms with E-state index in [4.69, 9.17) is 13.6 Å². The summed E-state index contributed by atoms with van der Waals surface area (Å²) in [5, 5.41) is 12.6. The second kappa shape index (κ2) is 33.1. The van der Waals surface area contributed by atoms with Crippen LogP contribution in [0.15, 0.2) is 94.1 Å². The van der Waals surface area contributed by atoms with Crippen LogP contribution in [0, 0.1) is 20.8 Å². The van der Waals surface area contributed by atoms with Gasteiger partial charge in [0.1, 0.15) is 23.1 Å². The average molecular weight is 1410 g/mol. The van der Waals surface area contributed by atoms with E-state index in [1.165, 1.54) is 40.2 Å². The summed E-state index contributed by atoms with van der Waals surface area (Å²) in [5.74, 6) is 3.13. The Morgan fingerprint density at radius 2 is 0.859 bits per heavy atom. The van der Waals surface area contributed by atoms with Gasteiger partial charge in [-0.25, -0.2) is 39.1 Å². The number of aromatic amines is 2. The lowest BCUT2D eigenvalue weighted by molar-refractivity contribution is 0.374. The van der Waals surface area contributed by atoms with Crippen molar-refractivity contribution in [3.63, 3.8) is 0 Å². The Labute approximate surface area is 545 Å². The van der Waals surface area contributed by atoms with Crippen LogP contribution in [0.1, 0.15) is 152 Å². The molecule has 11 rings (SSSR count). The molecule has 31 heteroatoms. The summed E-state index contributed by atoms with van der Waals surface area (Å²) in [5.41, 5.74) is 3.11. The topological polar surface area (TPSA) is 342 Å². The van der Waals surface area contributed by atoms with Crippen molar-refractivity contribution < 1.29 is 13.6 Å².